The van der Waals surface area contributed by atoms with Gasteiger partial charge in [0, 0.05) is 6.42 Å². The fraction of sp³-hybridized carbons (Fsp3) is 0.571. The van der Waals surface area contributed by atoms with Gasteiger partial charge in [0.1, 0.15) is 11.6 Å². The Hall–Kier alpha value is -1.62. The molecule has 0 aliphatic carbocycles. The Labute approximate surface area is 113 Å². The molecule has 3 heterocycles. The Morgan fingerprint density at radius 2 is 2.05 bits per heavy atom. The second-order valence-electron chi connectivity index (χ2n) is 5.36. The number of methoxy groups -OCH3 is 1. The number of hydrogen-bond acceptors (Lipinski definition) is 4. The summed E-state index contributed by atoms with van der Waals surface area (Å²) in [5.74, 6) is 2.61. The molecule has 1 saturated heterocycles. The normalized spacial score (nSPS) is 18.0. The van der Waals surface area contributed by atoms with Crippen LogP contribution in [0.5, 0.6) is 5.75 Å². The SMILES string of the molecule is COc1ccc2nnc(CC3CCN(C)CC3)n2c1. The fourth-order valence-electron chi connectivity index (χ4n) is 2.70. The highest BCUT2D eigenvalue weighted by Gasteiger charge is 2.19. The number of aromatic nitrogens is 3. The van der Waals surface area contributed by atoms with Gasteiger partial charge in [0.2, 0.25) is 0 Å². The zero-order chi connectivity index (χ0) is 13.2. The van der Waals surface area contributed by atoms with Gasteiger partial charge in [-0.1, -0.05) is 0 Å². The van der Waals surface area contributed by atoms with Crippen molar-refractivity contribution < 1.29 is 4.74 Å². The van der Waals surface area contributed by atoms with E-state index in [9.17, 15) is 0 Å². The van der Waals surface area contributed by atoms with Crippen molar-refractivity contribution in [3.63, 3.8) is 0 Å². The number of fused-ring (bicyclic) bond motifs is 1. The predicted octanol–water partition coefficient (Wildman–Crippen LogP) is 1.62. The van der Waals surface area contributed by atoms with Crippen LogP contribution >= 0.6 is 0 Å². The summed E-state index contributed by atoms with van der Waals surface area (Å²) in [5.41, 5.74) is 0.892. The van der Waals surface area contributed by atoms with E-state index in [1.807, 2.05) is 18.3 Å². The molecule has 0 atom stereocenters. The summed E-state index contributed by atoms with van der Waals surface area (Å²) in [6, 6.07) is 3.87. The summed E-state index contributed by atoms with van der Waals surface area (Å²) in [6.45, 7) is 2.37. The standard InChI is InChI=1S/C14H20N4O/c1-17-7-5-11(6-8-17)9-14-16-15-13-4-3-12(19-2)10-18(13)14/h3-4,10-11H,5-9H2,1-2H3. The summed E-state index contributed by atoms with van der Waals surface area (Å²) in [5, 5.41) is 8.55. The number of rotatable bonds is 3. The average Bonchev–Trinajstić information content (AvgIpc) is 2.84. The first-order valence-corrected chi connectivity index (χ1v) is 6.82. The predicted molar refractivity (Wildman–Crippen MR) is 73.5 cm³/mol. The minimum Gasteiger partial charge on any atom is -0.495 e. The average molecular weight is 260 g/mol. The van der Waals surface area contributed by atoms with Crippen molar-refractivity contribution in [3.05, 3.63) is 24.2 Å². The van der Waals surface area contributed by atoms with E-state index in [1.165, 1.54) is 25.9 Å². The maximum atomic E-state index is 5.27. The van der Waals surface area contributed by atoms with Crippen LogP contribution in [0.4, 0.5) is 0 Å². The second kappa shape index (κ2) is 5.17. The van der Waals surface area contributed by atoms with E-state index in [-0.39, 0.29) is 0 Å². The first-order valence-electron chi connectivity index (χ1n) is 6.82. The van der Waals surface area contributed by atoms with Gasteiger partial charge in [-0.05, 0) is 51.0 Å². The summed E-state index contributed by atoms with van der Waals surface area (Å²) in [4.78, 5) is 2.39. The van der Waals surface area contributed by atoms with E-state index in [0.29, 0.717) is 0 Å². The molecule has 19 heavy (non-hydrogen) atoms. The fourth-order valence-corrected chi connectivity index (χ4v) is 2.70. The number of piperidine rings is 1. The van der Waals surface area contributed by atoms with E-state index < -0.39 is 0 Å². The van der Waals surface area contributed by atoms with Crippen LogP contribution in [-0.4, -0.2) is 46.7 Å². The van der Waals surface area contributed by atoms with Crippen LogP contribution in [0.1, 0.15) is 18.7 Å². The van der Waals surface area contributed by atoms with Crippen molar-refractivity contribution in [2.24, 2.45) is 5.92 Å². The Kier molecular flexibility index (Phi) is 3.38. The molecule has 102 valence electrons. The summed E-state index contributed by atoms with van der Waals surface area (Å²) >= 11 is 0. The Bertz CT molecular complexity index is 558. The maximum absolute atomic E-state index is 5.27. The molecule has 0 spiro atoms. The molecule has 0 bridgehead atoms. The molecule has 0 saturated carbocycles. The Balaban J connectivity index is 1.80. The zero-order valence-electron chi connectivity index (χ0n) is 11.5. The molecule has 0 radical (unpaired) electrons. The van der Waals surface area contributed by atoms with Gasteiger partial charge in [-0.3, -0.25) is 4.40 Å². The van der Waals surface area contributed by atoms with Crippen molar-refractivity contribution in [3.8, 4) is 5.75 Å². The number of pyridine rings is 1. The van der Waals surface area contributed by atoms with E-state index in [0.717, 1.165) is 29.6 Å². The van der Waals surface area contributed by atoms with Crippen LogP contribution in [0.25, 0.3) is 5.65 Å². The highest BCUT2D eigenvalue weighted by molar-refractivity contribution is 5.41. The van der Waals surface area contributed by atoms with Gasteiger partial charge >= 0.3 is 0 Å². The summed E-state index contributed by atoms with van der Waals surface area (Å²) in [7, 11) is 3.87. The van der Waals surface area contributed by atoms with Gasteiger partial charge in [0.15, 0.2) is 5.65 Å². The van der Waals surface area contributed by atoms with Crippen LogP contribution in [0.15, 0.2) is 18.3 Å². The lowest BCUT2D eigenvalue weighted by atomic mass is 9.93. The largest absolute Gasteiger partial charge is 0.495 e. The molecule has 5 nitrogen and oxygen atoms in total. The van der Waals surface area contributed by atoms with Crippen molar-refractivity contribution >= 4 is 5.65 Å². The highest BCUT2D eigenvalue weighted by atomic mass is 16.5. The quantitative estimate of drug-likeness (QED) is 0.841. The molecule has 3 rings (SSSR count). The van der Waals surface area contributed by atoms with Gasteiger partial charge in [-0.25, -0.2) is 0 Å². The molecule has 0 amide bonds. The lowest BCUT2D eigenvalue weighted by molar-refractivity contribution is 0.217. The van der Waals surface area contributed by atoms with Crippen molar-refractivity contribution in [1.29, 1.82) is 0 Å². The Morgan fingerprint density at radius 3 is 2.79 bits per heavy atom. The molecule has 1 aliphatic heterocycles. The molecule has 0 aromatic carbocycles. The topological polar surface area (TPSA) is 42.7 Å². The zero-order valence-corrected chi connectivity index (χ0v) is 11.5. The number of ether oxygens (including phenoxy) is 1. The van der Waals surface area contributed by atoms with Gasteiger partial charge in [0.25, 0.3) is 0 Å². The molecule has 1 aliphatic rings. The number of hydrogen-bond donors (Lipinski definition) is 0. The molecule has 5 heteroatoms. The minimum atomic E-state index is 0.717. The molecule has 1 fully saturated rings. The number of likely N-dealkylation sites (tertiary alicyclic amines) is 1. The van der Waals surface area contributed by atoms with Crippen LogP contribution in [0, 0.1) is 5.92 Å². The molecular weight excluding hydrogens is 240 g/mol. The third kappa shape index (κ3) is 2.56. The van der Waals surface area contributed by atoms with Crippen molar-refractivity contribution in [1.82, 2.24) is 19.5 Å². The second-order valence-corrected chi connectivity index (χ2v) is 5.36. The summed E-state index contributed by atoms with van der Waals surface area (Å²) < 4.78 is 7.32. The molecule has 0 unspecified atom stereocenters. The van der Waals surface area contributed by atoms with Gasteiger partial charge in [-0.2, -0.15) is 0 Å². The van der Waals surface area contributed by atoms with Gasteiger partial charge in [0.05, 0.1) is 13.3 Å². The monoisotopic (exact) mass is 260 g/mol. The van der Waals surface area contributed by atoms with Crippen molar-refractivity contribution in [2.45, 2.75) is 19.3 Å². The minimum absolute atomic E-state index is 0.717. The number of nitrogens with zero attached hydrogens (tertiary/aromatic N) is 4. The lowest BCUT2D eigenvalue weighted by Crippen LogP contribution is -2.31. The molecule has 2 aromatic heterocycles. The first-order chi connectivity index (χ1) is 9.26. The van der Waals surface area contributed by atoms with Crippen LogP contribution < -0.4 is 4.74 Å². The van der Waals surface area contributed by atoms with Crippen LogP contribution in [0.2, 0.25) is 0 Å². The Morgan fingerprint density at radius 1 is 1.26 bits per heavy atom. The lowest BCUT2D eigenvalue weighted by Gasteiger charge is -2.28. The van der Waals surface area contributed by atoms with Gasteiger partial charge < -0.3 is 9.64 Å². The molecule has 0 N–H and O–H groups in total. The third-order valence-corrected chi connectivity index (χ3v) is 3.99. The highest BCUT2D eigenvalue weighted by Crippen LogP contribution is 2.21. The van der Waals surface area contributed by atoms with Crippen molar-refractivity contribution in [2.75, 3.05) is 27.2 Å². The molecule has 2 aromatic rings. The van der Waals surface area contributed by atoms with E-state index >= 15 is 0 Å². The maximum Gasteiger partial charge on any atom is 0.161 e. The first kappa shape index (κ1) is 12.4. The molecular formula is C14H20N4O. The van der Waals surface area contributed by atoms with Crippen LogP contribution in [0.3, 0.4) is 0 Å². The van der Waals surface area contributed by atoms with E-state index in [2.05, 4.69) is 26.5 Å². The summed E-state index contributed by atoms with van der Waals surface area (Å²) in [6.07, 6.45) is 5.46. The van der Waals surface area contributed by atoms with E-state index in [1.54, 1.807) is 7.11 Å². The van der Waals surface area contributed by atoms with Gasteiger partial charge in [-0.15, -0.1) is 10.2 Å². The van der Waals surface area contributed by atoms with E-state index in [4.69, 9.17) is 4.74 Å². The smallest absolute Gasteiger partial charge is 0.161 e. The van der Waals surface area contributed by atoms with Crippen LogP contribution in [-0.2, 0) is 6.42 Å². The third-order valence-electron chi connectivity index (χ3n) is 3.99.